The molecule has 0 aliphatic carbocycles. The molecule has 3 aromatic rings. The van der Waals surface area contributed by atoms with Crippen LogP contribution in [0.3, 0.4) is 0 Å². The molecule has 0 aliphatic heterocycles. The van der Waals surface area contributed by atoms with E-state index in [0.717, 1.165) is 16.4 Å². The molecule has 0 spiro atoms. The Kier molecular flexibility index (Phi) is 5.89. The average molecular weight is 416 g/mol. The molecule has 0 fully saturated rings. The molecule has 2 aromatic heterocycles. The van der Waals surface area contributed by atoms with Gasteiger partial charge in [0.15, 0.2) is 0 Å². The van der Waals surface area contributed by atoms with Gasteiger partial charge in [0.1, 0.15) is 23.7 Å². The molecule has 10 nitrogen and oxygen atoms in total. The molecule has 11 heteroatoms. The molecule has 3 rings (SSSR count). The predicted octanol–water partition coefficient (Wildman–Crippen LogP) is 1.59. The summed E-state index contributed by atoms with van der Waals surface area (Å²) in [5, 5.41) is 2.63. The first-order valence-electron chi connectivity index (χ1n) is 8.54. The number of carbonyl (C=O) groups is 1. The van der Waals surface area contributed by atoms with E-state index in [9.17, 15) is 13.2 Å². The van der Waals surface area contributed by atoms with Crippen LogP contribution in [0.4, 0.5) is 5.69 Å². The number of ether oxygens (including phenoxy) is 1. The van der Waals surface area contributed by atoms with Crippen molar-refractivity contribution >= 4 is 21.6 Å². The minimum atomic E-state index is -3.42. The van der Waals surface area contributed by atoms with Crippen molar-refractivity contribution in [2.75, 3.05) is 25.2 Å². The maximum Gasteiger partial charge on any atom is 0.239 e. The summed E-state index contributed by atoms with van der Waals surface area (Å²) < 4.78 is 31.3. The third-order valence-corrected chi connectivity index (χ3v) is 5.25. The van der Waals surface area contributed by atoms with Gasteiger partial charge in [-0.1, -0.05) is 0 Å². The minimum Gasteiger partial charge on any atom is -0.439 e. The third kappa shape index (κ3) is 5.36. The number of nitrogens with one attached hydrogen (secondary N) is 1. The second-order valence-corrected chi connectivity index (χ2v) is 8.34. The van der Waals surface area contributed by atoms with E-state index in [4.69, 9.17) is 4.74 Å². The normalized spacial score (nSPS) is 11.4. The number of imidazole rings is 1. The van der Waals surface area contributed by atoms with Crippen molar-refractivity contribution in [1.82, 2.24) is 23.8 Å². The van der Waals surface area contributed by atoms with Crippen LogP contribution < -0.4 is 10.1 Å². The maximum absolute atomic E-state index is 12.0. The van der Waals surface area contributed by atoms with Crippen LogP contribution in [0.2, 0.25) is 0 Å². The zero-order chi connectivity index (χ0) is 21.0. The van der Waals surface area contributed by atoms with Crippen molar-refractivity contribution in [1.29, 1.82) is 0 Å². The molecular formula is C18H20N6O4S. The molecule has 0 radical (unpaired) electrons. The average Bonchev–Trinajstić information content (AvgIpc) is 3.09. The number of hydrogen-bond acceptors (Lipinski definition) is 7. The van der Waals surface area contributed by atoms with Crippen LogP contribution in [0, 0.1) is 6.92 Å². The van der Waals surface area contributed by atoms with Crippen LogP contribution in [0.25, 0.3) is 5.82 Å². The number of amides is 1. The van der Waals surface area contributed by atoms with E-state index in [1.807, 2.05) is 6.92 Å². The van der Waals surface area contributed by atoms with E-state index in [-0.39, 0.29) is 6.54 Å². The Balaban J connectivity index is 1.64. The molecule has 1 aromatic carbocycles. The van der Waals surface area contributed by atoms with Gasteiger partial charge in [-0.15, -0.1) is 0 Å². The first kappa shape index (κ1) is 20.4. The second kappa shape index (κ2) is 8.37. The molecular weight excluding hydrogens is 396 g/mol. The van der Waals surface area contributed by atoms with Crippen molar-refractivity contribution in [2.24, 2.45) is 0 Å². The van der Waals surface area contributed by atoms with E-state index >= 15 is 0 Å². The summed E-state index contributed by atoms with van der Waals surface area (Å²) >= 11 is 0. The lowest BCUT2D eigenvalue weighted by Gasteiger charge is -2.14. The molecule has 0 saturated carbocycles. The largest absolute Gasteiger partial charge is 0.439 e. The van der Waals surface area contributed by atoms with Crippen LogP contribution in [0.5, 0.6) is 11.6 Å². The number of hydrogen-bond donors (Lipinski definition) is 1. The zero-order valence-electron chi connectivity index (χ0n) is 16.1. The van der Waals surface area contributed by atoms with Crippen LogP contribution in [-0.4, -0.2) is 58.0 Å². The van der Waals surface area contributed by atoms with Crippen LogP contribution >= 0.6 is 0 Å². The summed E-state index contributed by atoms with van der Waals surface area (Å²) in [6.45, 7) is 1.60. The molecule has 0 atom stereocenters. The van der Waals surface area contributed by atoms with Crippen molar-refractivity contribution in [2.45, 2.75) is 6.92 Å². The fourth-order valence-electron chi connectivity index (χ4n) is 2.38. The Labute approximate surface area is 168 Å². The standard InChI is InChI=1S/C18H20N6O4S/c1-13-19-8-9-24(13)16-10-18(21-12-20-16)28-15-6-4-14(5-7-15)22-17(25)11-23(2)29(3,26)27/h4-10,12H,11H2,1-3H3,(H,22,25). The monoisotopic (exact) mass is 416 g/mol. The highest BCUT2D eigenvalue weighted by molar-refractivity contribution is 7.88. The molecule has 0 aliphatic rings. The summed E-state index contributed by atoms with van der Waals surface area (Å²) in [5.74, 6) is 1.85. The Morgan fingerprint density at radius 1 is 1.21 bits per heavy atom. The highest BCUT2D eigenvalue weighted by Gasteiger charge is 2.15. The van der Waals surface area contributed by atoms with E-state index in [0.29, 0.717) is 23.1 Å². The van der Waals surface area contributed by atoms with E-state index < -0.39 is 15.9 Å². The predicted molar refractivity (Wildman–Crippen MR) is 107 cm³/mol. The van der Waals surface area contributed by atoms with Crippen molar-refractivity contribution in [3.63, 3.8) is 0 Å². The first-order chi connectivity index (χ1) is 13.7. The van der Waals surface area contributed by atoms with Gasteiger partial charge in [-0.05, 0) is 31.2 Å². The van der Waals surface area contributed by atoms with Gasteiger partial charge in [-0.3, -0.25) is 9.36 Å². The quantitative estimate of drug-likeness (QED) is 0.621. The number of aryl methyl sites for hydroxylation is 1. The lowest BCUT2D eigenvalue weighted by Crippen LogP contribution is -2.34. The lowest BCUT2D eigenvalue weighted by molar-refractivity contribution is -0.116. The summed E-state index contributed by atoms with van der Waals surface area (Å²) in [6.07, 6.45) is 5.91. The van der Waals surface area contributed by atoms with Crippen LogP contribution in [0.15, 0.2) is 49.1 Å². The number of rotatable bonds is 7. The topological polar surface area (TPSA) is 119 Å². The van der Waals surface area contributed by atoms with Gasteiger partial charge in [0.25, 0.3) is 0 Å². The molecule has 2 heterocycles. The van der Waals surface area contributed by atoms with Crippen molar-refractivity contribution in [3.8, 4) is 17.4 Å². The SMILES string of the molecule is Cc1nccn1-c1cc(Oc2ccc(NC(=O)CN(C)S(C)(=O)=O)cc2)ncn1. The van der Waals surface area contributed by atoms with E-state index in [2.05, 4.69) is 20.3 Å². The smallest absolute Gasteiger partial charge is 0.239 e. The fourth-order valence-corrected chi connectivity index (χ4v) is 2.74. The number of aromatic nitrogens is 4. The number of likely N-dealkylation sites (N-methyl/N-ethyl adjacent to an activating group) is 1. The molecule has 0 unspecified atom stereocenters. The Morgan fingerprint density at radius 3 is 2.55 bits per heavy atom. The Morgan fingerprint density at radius 2 is 1.93 bits per heavy atom. The number of carbonyl (C=O) groups excluding carboxylic acids is 1. The van der Waals surface area contributed by atoms with Gasteiger partial charge in [0.05, 0.1) is 12.8 Å². The molecule has 1 N–H and O–H groups in total. The molecule has 152 valence electrons. The summed E-state index contributed by atoms with van der Waals surface area (Å²) in [5.41, 5.74) is 0.515. The summed E-state index contributed by atoms with van der Waals surface area (Å²) in [7, 11) is -2.08. The zero-order valence-corrected chi connectivity index (χ0v) is 16.9. The summed E-state index contributed by atoms with van der Waals surface area (Å²) in [6, 6.07) is 8.32. The van der Waals surface area contributed by atoms with E-state index in [1.54, 1.807) is 47.3 Å². The second-order valence-electron chi connectivity index (χ2n) is 6.25. The van der Waals surface area contributed by atoms with Gasteiger partial charge in [0, 0.05) is 31.2 Å². The number of benzene rings is 1. The minimum absolute atomic E-state index is 0.269. The molecule has 29 heavy (non-hydrogen) atoms. The lowest BCUT2D eigenvalue weighted by atomic mass is 10.3. The maximum atomic E-state index is 12.0. The highest BCUT2D eigenvalue weighted by atomic mass is 32.2. The fraction of sp³-hybridized carbons (Fsp3) is 0.222. The van der Waals surface area contributed by atoms with Crippen LogP contribution in [0.1, 0.15) is 5.82 Å². The van der Waals surface area contributed by atoms with Gasteiger partial charge in [0.2, 0.25) is 21.8 Å². The van der Waals surface area contributed by atoms with Crippen molar-refractivity contribution in [3.05, 3.63) is 54.9 Å². The first-order valence-corrected chi connectivity index (χ1v) is 10.4. The van der Waals surface area contributed by atoms with Gasteiger partial charge in [-0.2, -0.15) is 4.31 Å². The number of anilines is 1. The number of nitrogens with zero attached hydrogens (tertiary/aromatic N) is 5. The van der Waals surface area contributed by atoms with Gasteiger partial charge < -0.3 is 10.1 Å². The highest BCUT2D eigenvalue weighted by Crippen LogP contribution is 2.22. The Bertz CT molecular complexity index is 1110. The van der Waals surface area contributed by atoms with Crippen molar-refractivity contribution < 1.29 is 17.9 Å². The molecule has 1 amide bonds. The van der Waals surface area contributed by atoms with Crippen LogP contribution in [-0.2, 0) is 14.8 Å². The van der Waals surface area contributed by atoms with Gasteiger partial charge >= 0.3 is 0 Å². The Hall–Kier alpha value is -3.31. The molecule has 0 bridgehead atoms. The third-order valence-electron chi connectivity index (χ3n) is 3.99. The number of sulfonamides is 1. The molecule has 0 saturated heterocycles. The van der Waals surface area contributed by atoms with E-state index in [1.165, 1.54) is 13.4 Å². The van der Waals surface area contributed by atoms with Gasteiger partial charge in [-0.25, -0.2) is 23.4 Å². The summed E-state index contributed by atoms with van der Waals surface area (Å²) in [4.78, 5) is 24.4.